The molecule has 3 rings (SSSR count). The first-order chi connectivity index (χ1) is 8.36. The lowest BCUT2D eigenvalue weighted by atomic mass is 10.4. The zero-order valence-corrected chi connectivity index (χ0v) is 10.3. The molecule has 0 atom stereocenters. The molecule has 1 saturated carbocycles. The first kappa shape index (κ1) is 10.7. The van der Waals surface area contributed by atoms with E-state index in [-0.39, 0.29) is 0 Å². The van der Waals surface area contributed by atoms with Gasteiger partial charge in [-0.3, -0.25) is 0 Å². The molecule has 2 heterocycles. The van der Waals surface area contributed by atoms with Crippen molar-refractivity contribution in [3.05, 3.63) is 17.3 Å². The summed E-state index contributed by atoms with van der Waals surface area (Å²) in [4.78, 5) is 5.24. The summed E-state index contributed by atoms with van der Waals surface area (Å²) in [5.41, 5.74) is 0. The molecule has 17 heavy (non-hydrogen) atoms. The maximum Gasteiger partial charge on any atom is 0.271 e. The largest absolute Gasteiger partial charge is 0.495 e. The van der Waals surface area contributed by atoms with E-state index < -0.39 is 0 Å². The summed E-state index contributed by atoms with van der Waals surface area (Å²) in [5.74, 6) is 2.01. The fraction of sp³-hybridized carbons (Fsp3) is 0.455. The molecule has 0 saturated heterocycles. The lowest BCUT2D eigenvalue weighted by Gasteiger charge is -1.96. The molecule has 0 unspecified atom stereocenters. The number of ether oxygens (including phenoxy) is 1. The minimum absolute atomic E-state index is 0.532. The number of nitrogens with one attached hydrogen (secondary N) is 1. The van der Waals surface area contributed by atoms with Crippen molar-refractivity contribution in [3.8, 4) is 16.5 Å². The number of aromatic nitrogens is 2. The van der Waals surface area contributed by atoms with Crippen LogP contribution in [0.3, 0.4) is 0 Å². The zero-order valence-electron chi connectivity index (χ0n) is 9.47. The normalized spacial score (nSPS) is 15.1. The molecule has 2 aromatic heterocycles. The van der Waals surface area contributed by atoms with Gasteiger partial charge in [0.15, 0.2) is 5.82 Å². The molecule has 0 amide bonds. The number of nitrogens with zero attached hydrogens (tertiary/aromatic N) is 2. The Morgan fingerprint density at radius 2 is 2.47 bits per heavy atom. The molecule has 2 aromatic rings. The lowest BCUT2D eigenvalue weighted by Crippen LogP contribution is -2.16. The van der Waals surface area contributed by atoms with Crippen LogP contribution >= 0.6 is 11.3 Å². The molecular formula is C11H13N3O2S. The molecule has 6 heteroatoms. The van der Waals surface area contributed by atoms with Crippen LogP contribution in [0.5, 0.6) is 5.75 Å². The van der Waals surface area contributed by atoms with Crippen LogP contribution in [-0.4, -0.2) is 23.3 Å². The molecular weight excluding hydrogens is 238 g/mol. The molecule has 1 fully saturated rings. The number of methoxy groups -OCH3 is 1. The SMILES string of the molecule is COc1ccsc1-c1nc(CNC2CC2)no1. The Morgan fingerprint density at radius 1 is 1.59 bits per heavy atom. The van der Waals surface area contributed by atoms with Crippen LogP contribution < -0.4 is 10.1 Å². The van der Waals surface area contributed by atoms with E-state index in [1.165, 1.54) is 24.2 Å². The van der Waals surface area contributed by atoms with Gasteiger partial charge in [-0.05, 0) is 24.3 Å². The van der Waals surface area contributed by atoms with Crippen molar-refractivity contribution in [1.29, 1.82) is 0 Å². The maximum atomic E-state index is 5.23. The fourth-order valence-electron chi connectivity index (χ4n) is 1.56. The van der Waals surface area contributed by atoms with Crippen molar-refractivity contribution in [3.63, 3.8) is 0 Å². The van der Waals surface area contributed by atoms with Crippen molar-refractivity contribution < 1.29 is 9.26 Å². The van der Waals surface area contributed by atoms with E-state index in [1.54, 1.807) is 7.11 Å². The lowest BCUT2D eigenvalue weighted by molar-refractivity contribution is 0.404. The number of rotatable bonds is 5. The van der Waals surface area contributed by atoms with E-state index in [1.807, 2.05) is 11.4 Å². The second-order valence-electron chi connectivity index (χ2n) is 3.99. The minimum atomic E-state index is 0.532. The average Bonchev–Trinajstić information content (AvgIpc) is 2.89. The summed E-state index contributed by atoms with van der Waals surface area (Å²) in [7, 11) is 1.64. The number of hydrogen-bond donors (Lipinski definition) is 1. The average molecular weight is 251 g/mol. The summed E-state index contributed by atoms with van der Waals surface area (Å²) in [6, 6.07) is 2.54. The van der Waals surface area contributed by atoms with E-state index in [2.05, 4.69) is 15.5 Å². The third-order valence-corrected chi connectivity index (χ3v) is 3.52. The molecule has 90 valence electrons. The van der Waals surface area contributed by atoms with Gasteiger partial charge in [0.25, 0.3) is 5.89 Å². The van der Waals surface area contributed by atoms with Crippen LogP contribution in [0.15, 0.2) is 16.0 Å². The topological polar surface area (TPSA) is 60.2 Å². The molecule has 0 bridgehead atoms. The predicted molar refractivity (Wildman–Crippen MR) is 64.0 cm³/mol. The highest BCUT2D eigenvalue weighted by Crippen LogP contribution is 2.34. The minimum Gasteiger partial charge on any atom is -0.495 e. The Balaban J connectivity index is 1.74. The van der Waals surface area contributed by atoms with Crippen LogP contribution in [0.25, 0.3) is 10.8 Å². The van der Waals surface area contributed by atoms with Gasteiger partial charge in [0.2, 0.25) is 0 Å². The van der Waals surface area contributed by atoms with E-state index in [0.29, 0.717) is 24.3 Å². The molecule has 5 nitrogen and oxygen atoms in total. The van der Waals surface area contributed by atoms with Gasteiger partial charge in [-0.2, -0.15) is 4.98 Å². The van der Waals surface area contributed by atoms with Crippen LogP contribution in [0.2, 0.25) is 0 Å². The van der Waals surface area contributed by atoms with Crippen molar-refractivity contribution in [1.82, 2.24) is 15.5 Å². The predicted octanol–water partition coefficient (Wildman–Crippen LogP) is 2.06. The zero-order chi connectivity index (χ0) is 11.7. The smallest absolute Gasteiger partial charge is 0.271 e. The first-order valence-corrected chi connectivity index (χ1v) is 6.42. The van der Waals surface area contributed by atoms with E-state index in [4.69, 9.17) is 9.26 Å². The van der Waals surface area contributed by atoms with Gasteiger partial charge in [0, 0.05) is 6.04 Å². The van der Waals surface area contributed by atoms with Gasteiger partial charge in [-0.25, -0.2) is 0 Å². The molecule has 1 aliphatic rings. The molecule has 0 spiro atoms. The van der Waals surface area contributed by atoms with Gasteiger partial charge in [0.05, 0.1) is 13.7 Å². The summed E-state index contributed by atoms with van der Waals surface area (Å²) < 4.78 is 10.5. The highest BCUT2D eigenvalue weighted by atomic mass is 32.1. The first-order valence-electron chi connectivity index (χ1n) is 5.54. The quantitative estimate of drug-likeness (QED) is 0.881. The Bertz CT molecular complexity index is 504. The molecule has 0 aromatic carbocycles. The molecule has 0 aliphatic heterocycles. The Morgan fingerprint density at radius 3 is 3.24 bits per heavy atom. The van der Waals surface area contributed by atoms with Crippen LogP contribution in [0.1, 0.15) is 18.7 Å². The number of hydrogen-bond acceptors (Lipinski definition) is 6. The Hall–Kier alpha value is -1.40. The van der Waals surface area contributed by atoms with Gasteiger partial charge in [-0.15, -0.1) is 11.3 Å². The standard InChI is InChI=1S/C11H13N3O2S/c1-15-8-4-5-17-10(8)11-13-9(14-16-11)6-12-7-2-3-7/h4-5,7,12H,2-3,6H2,1H3. The van der Waals surface area contributed by atoms with Gasteiger partial charge in [-0.1, -0.05) is 5.16 Å². The van der Waals surface area contributed by atoms with Crippen LogP contribution in [0.4, 0.5) is 0 Å². The van der Waals surface area contributed by atoms with Crippen molar-refractivity contribution in [2.24, 2.45) is 0 Å². The highest BCUT2D eigenvalue weighted by molar-refractivity contribution is 7.13. The Kier molecular flexibility index (Phi) is 2.82. The second-order valence-corrected chi connectivity index (χ2v) is 4.91. The Labute approximate surface area is 103 Å². The summed E-state index contributed by atoms with van der Waals surface area (Å²) in [6.07, 6.45) is 2.51. The summed E-state index contributed by atoms with van der Waals surface area (Å²) >= 11 is 1.54. The third kappa shape index (κ3) is 2.32. The molecule has 1 aliphatic carbocycles. The maximum absolute atomic E-state index is 5.23. The van der Waals surface area contributed by atoms with E-state index in [9.17, 15) is 0 Å². The fourth-order valence-corrected chi connectivity index (χ4v) is 2.33. The molecule has 0 radical (unpaired) electrons. The van der Waals surface area contributed by atoms with E-state index in [0.717, 1.165) is 10.6 Å². The van der Waals surface area contributed by atoms with Crippen LogP contribution in [-0.2, 0) is 6.54 Å². The highest BCUT2D eigenvalue weighted by Gasteiger charge is 2.21. The molecule has 1 N–H and O–H groups in total. The summed E-state index contributed by atoms with van der Waals surface area (Å²) in [6.45, 7) is 0.669. The van der Waals surface area contributed by atoms with E-state index >= 15 is 0 Å². The van der Waals surface area contributed by atoms with Gasteiger partial charge >= 0.3 is 0 Å². The number of thiophene rings is 1. The van der Waals surface area contributed by atoms with Crippen molar-refractivity contribution in [2.45, 2.75) is 25.4 Å². The van der Waals surface area contributed by atoms with Crippen LogP contribution in [0, 0.1) is 0 Å². The van der Waals surface area contributed by atoms with Gasteiger partial charge < -0.3 is 14.6 Å². The van der Waals surface area contributed by atoms with Crippen molar-refractivity contribution >= 4 is 11.3 Å². The van der Waals surface area contributed by atoms with Gasteiger partial charge in [0.1, 0.15) is 10.6 Å². The second kappa shape index (κ2) is 4.46. The third-order valence-electron chi connectivity index (χ3n) is 2.64. The van der Waals surface area contributed by atoms with Crippen molar-refractivity contribution in [2.75, 3.05) is 7.11 Å². The summed E-state index contributed by atoms with van der Waals surface area (Å²) in [5, 5.41) is 9.24. The monoisotopic (exact) mass is 251 g/mol.